The van der Waals surface area contributed by atoms with Crippen molar-refractivity contribution in [2.45, 2.75) is 0 Å². The van der Waals surface area contributed by atoms with Gasteiger partial charge >= 0.3 is 0 Å². The second-order valence-electron chi connectivity index (χ2n) is 5.43. The summed E-state index contributed by atoms with van der Waals surface area (Å²) in [5.41, 5.74) is 3.31. The lowest BCUT2D eigenvalue weighted by Crippen LogP contribution is -1.79. The molecule has 3 heteroatoms. The Morgan fingerprint density at radius 1 is 0.909 bits per heavy atom. The van der Waals surface area contributed by atoms with E-state index in [0.29, 0.717) is 0 Å². The fourth-order valence-corrected chi connectivity index (χ4v) is 4.24. The summed E-state index contributed by atoms with van der Waals surface area (Å²) < 4.78 is 1.21. The predicted molar refractivity (Wildman–Crippen MR) is 96.3 cm³/mol. The Morgan fingerprint density at radius 3 is 2.77 bits per heavy atom. The van der Waals surface area contributed by atoms with E-state index in [1.807, 2.05) is 12.1 Å². The summed E-state index contributed by atoms with van der Waals surface area (Å²) in [5.74, 6) is 0. The van der Waals surface area contributed by atoms with Gasteiger partial charge in [0.05, 0.1) is 11.2 Å². The molecule has 0 unspecified atom stereocenters. The van der Waals surface area contributed by atoms with Crippen molar-refractivity contribution < 1.29 is 0 Å². The molecule has 0 aliphatic carbocycles. The van der Waals surface area contributed by atoms with Crippen LogP contribution >= 0.6 is 22.9 Å². The summed E-state index contributed by atoms with van der Waals surface area (Å²) >= 11 is 7.93. The van der Waals surface area contributed by atoms with Crippen molar-refractivity contribution in [3.63, 3.8) is 0 Å². The number of fused-ring (bicyclic) bond motifs is 7. The Bertz CT molecular complexity index is 1140. The normalized spacial score (nSPS) is 11.9. The monoisotopic (exact) mass is 319 g/mol. The van der Waals surface area contributed by atoms with Gasteiger partial charge in [-0.1, -0.05) is 41.9 Å². The highest BCUT2D eigenvalue weighted by molar-refractivity contribution is 7.17. The lowest BCUT2D eigenvalue weighted by molar-refractivity contribution is 1.50. The molecular formula is C19H10ClNS. The molecule has 0 saturated carbocycles. The maximum Gasteiger partial charge on any atom is 0.0811 e. The van der Waals surface area contributed by atoms with E-state index in [1.54, 1.807) is 11.3 Å². The fourth-order valence-electron chi connectivity index (χ4n) is 3.17. The third-order valence-electron chi connectivity index (χ3n) is 4.16. The zero-order valence-electron chi connectivity index (χ0n) is 11.5. The number of aromatic nitrogens is 1. The van der Waals surface area contributed by atoms with Crippen LogP contribution in [0.1, 0.15) is 0 Å². The summed E-state index contributed by atoms with van der Waals surface area (Å²) in [4.78, 5) is 4.88. The van der Waals surface area contributed by atoms with Crippen LogP contribution in [0.4, 0.5) is 0 Å². The zero-order chi connectivity index (χ0) is 14.7. The van der Waals surface area contributed by atoms with Crippen LogP contribution in [0.25, 0.3) is 43.0 Å². The Labute approximate surface area is 136 Å². The molecule has 1 nitrogen and oxygen atoms in total. The second-order valence-corrected chi connectivity index (χ2v) is 6.78. The molecule has 0 aromatic heterocycles. The van der Waals surface area contributed by atoms with Crippen LogP contribution in [0.5, 0.6) is 0 Å². The minimum atomic E-state index is 0.754. The second kappa shape index (κ2) is 4.42. The van der Waals surface area contributed by atoms with Gasteiger partial charge in [0.25, 0.3) is 0 Å². The largest absolute Gasteiger partial charge is 0.247 e. The van der Waals surface area contributed by atoms with Crippen LogP contribution in [0, 0.1) is 0 Å². The first kappa shape index (κ1) is 12.4. The van der Waals surface area contributed by atoms with Gasteiger partial charge in [-0.2, -0.15) is 0 Å². The molecule has 104 valence electrons. The van der Waals surface area contributed by atoms with E-state index in [9.17, 15) is 0 Å². The Morgan fingerprint density at radius 2 is 1.82 bits per heavy atom. The van der Waals surface area contributed by atoms with E-state index in [4.69, 9.17) is 16.6 Å². The Kier molecular flexibility index (Phi) is 2.49. The summed E-state index contributed by atoms with van der Waals surface area (Å²) in [6, 6.07) is 18.8. The molecule has 0 radical (unpaired) electrons. The van der Waals surface area contributed by atoms with Gasteiger partial charge in [-0.25, -0.2) is 4.98 Å². The number of hydrogen-bond acceptors (Lipinski definition) is 2. The van der Waals surface area contributed by atoms with E-state index in [2.05, 4.69) is 47.8 Å². The molecule has 0 amide bonds. The number of hydrogen-bond donors (Lipinski definition) is 0. The molecule has 3 aromatic rings. The molecule has 2 aliphatic heterocycles. The number of rotatable bonds is 0. The molecule has 0 N–H and O–H groups in total. The van der Waals surface area contributed by atoms with E-state index in [1.165, 1.54) is 26.4 Å². The van der Waals surface area contributed by atoms with Crippen LogP contribution in [0.2, 0.25) is 5.02 Å². The van der Waals surface area contributed by atoms with Crippen molar-refractivity contribution in [2.75, 3.05) is 0 Å². The van der Waals surface area contributed by atoms with Crippen molar-refractivity contribution in [1.82, 2.24) is 4.98 Å². The molecule has 0 saturated heterocycles. The average Bonchev–Trinajstić information content (AvgIpc) is 2.94. The number of halogens is 1. The lowest BCUT2D eigenvalue weighted by atomic mass is 10.0. The summed E-state index contributed by atoms with van der Waals surface area (Å²) in [7, 11) is 0. The van der Waals surface area contributed by atoms with Gasteiger partial charge in [0.1, 0.15) is 0 Å². The van der Waals surface area contributed by atoms with Crippen molar-refractivity contribution in [3.8, 4) is 11.3 Å². The molecule has 0 atom stereocenters. The molecule has 0 spiro atoms. The van der Waals surface area contributed by atoms with Crippen LogP contribution in [-0.4, -0.2) is 4.98 Å². The topological polar surface area (TPSA) is 12.9 Å². The lowest BCUT2D eigenvalue weighted by Gasteiger charge is -2.05. The van der Waals surface area contributed by atoms with Crippen LogP contribution < -0.4 is 0 Å². The summed E-state index contributed by atoms with van der Waals surface area (Å²) in [6.45, 7) is 0. The predicted octanol–water partition coefficient (Wildman–Crippen LogP) is 6.36. The van der Waals surface area contributed by atoms with Crippen LogP contribution in [-0.2, 0) is 0 Å². The molecular weight excluding hydrogens is 310 g/mol. The Balaban J connectivity index is 2.03. The van der Waals surface area contributed by atoms with Gasteiger partial charge < -0.3 is 0 Å². The van der Waals surface area contributed by atoms with Crippen LogP contribution in [0.15, 0.2) is 60.0 Å². The van der Waals surface area contributed by atoms with Gasteiger partial charge in [0.2, 0.25) is 0 Å². The van der Waals surface area contributed by atoms with Gasteiger partial charge in [0, 0.05) is 31.4 Å². The maximum absolute atomic E-state index is 6.19. The van der Waals surface area contributed by atoms with Gasteiger partial charge in [-0.3, -0.25) is 0 Å². The first-order chi connectivity index (χ1) is 10.8. The third-order valence-corrected chi connectivity index (χ3v) is 5.36. The van der Waals surface area contributed by atoms with E-state index in [0.717, 1.165) is 21.6 Å². The molecule has 22 heavy (non-hydrogen) atoms. The van der Waals surface area contributed by atoms with E-state index >= 15 is 0 Å². The summed E-state index contributed by atoms with van der Waals surface area (Å²) in [5, 5.41) is 7.86. The highest BCUT2D eigenvalue weighted by Gasteiger charge is 2.17. The van der Waals surface area contributed by atoms with Crippen molar-refractivity contribution in [2.24, 2.45) is 0 Å². The van der Waals surface area contributed by atoms with Gasteiger partial charge in [-0.15, -0.1) is 11.3 Å². The minimum Gasteiger partial charge on any atom is -0.247 e. The quantitative estimate of drug-likeness (QED) is 0.323. The first-order valence-electron chi connectivity index (χ1n) is 7.09. The first-order valence-corrected chi connectivity index (χ1v) is 8.35. The summed E-state index contributed by atoms with van der Waals surface area (Å²) in [6.07, 6.45) is 0. The van der Waals surface area contributed by atoms with Crippen LogP contribution in [0.3, 0.4) is 0 Å². The third kappa shape index (κ3) is 1.62. The van der Waals surface area contributed by atoms with Crippen molar-refractivity contribution in [1.29, 1.82) is 0 Å². The maximum atomic E-state index is 6.19. The number of benzene rings is 3. The highest BCUT2D eigenvalue weighted by atomic mass is 35.5. The molecule has 2 heterocycles. The molecule has 3 aromatic carbocycles. The minimum absolute atomic E-state index is 0.754. The SMILES string of the molecule is Clc1ccc2scc3c4c(ccc5ccccc54)nc-3c2c1. The standard InChI is InChI=1S/C19H10ClNS/c20-12-6-8-17-14(9-12)19-15(10-22-17)18-13-4-2-1-3-11(13)5-7-16(18)21-19/h1-10H. The average molecular weight is 320 g/mol. The smallest absolute Gasteiger partial charge is 0.0811 e. The Hall–Kier alpha value is -2.16. The van der Waals surface area contributed by atoms with Crippen molar-refractivity contribution in [3.05, 3.63) is 65.0 Å². The number of nitrogens with zero attached hydrogens (tertiary/aromatic N) is 1. The molecule has 2 aliphatic rings. The molecule has 0 bridgehead atoms. The fraction of sp³-hybridized carbons (Fsp3) is 0. The van der Waals surface area contributed by atoms with E-state index < -0.39 is 0 Å². The van der Waals surface area contributed by atoms with Gasteiger partial charge in [0.15, 0.2) is 0 Å². The molecule has 5 rings (SSSR count). The zero-order valence-corrected chi connectivity index (χ0v) is 13.1. The highest BCUT2D eigenvalue weighted by Crippen LogP contribution is 2.42. The van der Waals surface area contributed by atoms with Crippen molar-refractivity contribution >= 4 is 54.7 Å². The van der Waals surface area contributed by atoms with Gasteiger partial charge in [-0.05, 0) is 35.0 Å². The molecule has 0 fully saturated rings. The van der Waals surface area contributed by atoms with E-state index in [-0.39, 0.29) is 0 Å².